The van der Waals surface area contributed by atoms with E-state index in [1.54, 1.807) is 0 Å². The van der Waals surface area contributed by atoms with Crippen LogP contribution in [-0.4, -0.2) is 30.2 Å². The van der Waals surface area contributed by atoms with Crippen LogP contribution in [0.3, 0.4) is 0 Å². The monoisotopic (exact) mass is 317 g/mol. The number of aryl methyl sites for hydroxylation is 1. The van der Waals surface area contributed by atoms with E-state index in [9.17, 15) is 14.7 Å². The summed E-state index contributed by atoms with van der Waals surface area (Å²) in [5.41, 5.74) is 1.97. The second-order valence-corrected chi connectivity index (χ2v) is 6.75. The molecule has 2 aliphatic rings. The van der Waals surface area contributed by atoms with Gasteiger partial charge in [0.1, 0.15) is 0 Å². The second-order valence-electron chi connectivity index (χ2n) is 6.75. The molecule has 1 saturated heterocycles. The summed E-state index contributed by atoms with van der Waals surface area (Å²) in [5, 5.41) is 12.2. The molecule has 0 unspecified atom stereocenters. The molecular weight excluding hydrogens is 294 g/mol. The Kier molecular flexibility index (Phi) is 4.39. The lowest BCUT2D eigenvalue weighted by molar-refractivity contribution is -0.137. The Hall–Kier alpha value is -1.88. The van der Waals surface area contributed by atoms with Gasteiger partial charge in [-0.3, -0.25) is 9.59 Å². The Labute approximate surface area is 136 Å². The van der Waals surface area contributed by atoms with Gasteiger partial charge in [-0.15, -0.1) is 0 Å². The fraction of sp³-hybridized carbons (Fsp3) is 0.556. The molecule has 1 heterocycles. The van der Waals surface area contributed by atoms with Crippen molar-refractivity contribution in [3.63, 3.8) is 0 Å². The number of benzene rings is 1. The van der Waals surface area contributed by atoms with Gasteiger partial charge in [0.2, 0.25) is 5.91 Å². The van der Waals surface area contributed by atoms with Gasteiger partial charge in [0.25, 0.3) is 0 Å². The summed E-state index contributed by atoms with van der Waals surface area (Å²) in [5.74, 6) is -0.914. The third-order valence-corrected chi connectivity index (χ3v) is 5.25. The zero-order valence-corrected chi connectivity index (χ0v) is 13.4. The van der Waals surface area contributed by atoms with Crippen LogP contribution in [0.15, 0.2) is 24.3 Å². The van der Waals surface area contributed by atoms with Crippen molar-refractivity contribution in [1.29, 1.82) is 0 Å². The van der Waals surface area contributed by atoms with Crippen molar-refractivity contribution in [2.45, 2.75) is 38.6 Å². The Morgan fingerprint density at radius 1 is 1.35 bits per heavy atom. The average Bonchev–Trinajstić information content (AvgIpc) is 3.20. The molecular formula is C18H23NO4. The van der Waals surface area contributed by atoms with Gasteiger partial charge in [0.05, 0.1) is 12.5 Å². The van der Waals surface area contributed by atoms with Gasteiger partial charge >= 0.3 is 5.97 Å². The molecule has 1 spiro atoms. The van der Waals surface area contributed by atoms with Crippen molar-refractivity contribution < 1.29 is 19.4 Å². The lowest BCUT2D eigenvalue weighted by atomic mass is 9.93. The molecule has 5 heteroatoms. The summed E-state index contributed by atoms with van der Waals surface area (Å²) in [4.78, 5) is 23.8. The van der Waals surface area contributed by atoms with Crippen LogP contribution >= 0.6 is 0 Å². The van der Waals surface area contributed by atoms with Crippen LogP contribution in [0.4, 0.5) is 0 Å². The standard InChI is InChI=1S/C18H23NO4/c1-12-4-2-3-5-13(12)15(10-16(20)21)19-17(22)14-11-18(14)6-8-23-9-7-18/h2-5,14-15H,6-11H2,1H3,(H,19,22)(H,20,21)/t14-,15-/m1/s1. The lowest BCUT2D eigenvalue weighted by Crippen LogP contribution is -2.34. The van der Waals surface area contributed by atoms with E-state index >= 15 is 0 Å². The fourth-order valence-electron chi connectivity index (χ4n) is 3.71. The van der Waals surface area contributed by atoms with Crippen LogP contribution < -0.4 is 5.32 Å². The molecule has 0 radical (unpaired) electrons. The number of carboxylic acids is 1. The molecule has 23 heavy (non-hydrogen) atoms. The van der Waals surface area contributed by atoms with Gasteiger partial charge in [-0.1, -0.05) is 24.3 Å². The maximum atomic E-state index is 12.6. The fourth-order valence-corrected chi connectivity index (χ4v) is 3.71. The van der Waals surface area contributed by atoms with Crippen LogP contribution in [0.2, 0.25) is 0 Å². The smallest absolute Gasteiger partial charge is 0.305 e. The van der Waals surface area contributed by atoms with Crippen molar-refractivity contribution in [3.05, 3.63) is 35.4 Å². The minimum atomic E-state index is -0.907. The molecule has 1 aliphatic carbocycles. The molecule has 2 N–H and O–H groups in total. The summed E-state index contributed by atoms with van der Waals surface area (Å²) in [7, 11) is 0. The van der Waals surface area contributed by atoms with E-state index in [0.29, 0.717) is 0 Å². The topological polar surface area (TPSA) is 75.6 Å². The van der Waals surface area contributed by atoms with Gasteiger partial charge < -0.3 is 15.2 Å². The Bertz CT molecular complexity index is 607. The summed E-state index contributed by atoms with van der Waals surface area (Å²) < 4.78 is 5.38. The zero-order valence-electron chi connectivity index (χ0n) is 13.4. The Morgan fingerprint density at radius 2 is 2.04 bits per heavy atom. The summed E-state index contributed by atoms with van der Waals surface area (Å²) in [6.45, 7) is 3.38. The first-order valence-corrected chi connectivity index (χ1v) is 8.17. The Morgan fingerprint density at radius 3 is 2.70 bits per heavy atom. The minimum absolute atomic E-state index is 0.00622. The van der Waals surface area contributed by atoms with Crippen molar-refractivity contribution in [2.24, 2.45) is 11.3 Å². The lowest BCUT2D eigenvalue weighted by Gasteiger charge is -2.24. The highest BCUT2D eigenvalue weighted by molar-refractivity contribution is 5.83. The molecule has 2 fully saturated rings. The van der Waals surface area contributed by atoms with Gasteiger partial charge in [0, 0.05) is 19.1 Å². The molecule has 1 saturated carbocycles. The number of carbonyl (C=O) groups excluding carboxylic acids is 1. The molecule has 1 aromatic rings. The number of hydrogen-bond acceptors (Lipinski definition) is 3. The number of aliphatic carboxylic acids is 1. The van der Waals surface area contributed by atoms with E-state index in [0.717, 1.165) is 43.6 Å². The normalized spacial score (nSPS) is 23.3. The molecule has 1 aromatic carbocycles. The number of carbonyl (C=O) groups is 2. The highest BCUT2D eigenvalue weighted by Gasteiger charge is 2.58. The number of ether oxygens (including phenoxy) is 1. The molecule has 1 aliphatic heterocycles. The van der Waals surface area contributed by atoms with Crippen LogP contribution in [0.5, 0.6) is 0 Å². The van der Waals surface area contributed by atoms with Crippen LogP contribution in [0.25, 0.3) is 0 Å². The quantitative estimate of drug-likeness (QED) is 0.874. The average molecular weight is 317 g/mol. The highest BCUT2D eigenvalue weighted by atomic mass is 16.5. The van der Waals surface area contributed by atoms with Gasteiger partial charge in [-0.05, 0) is 42.7 Å². The molecule has 5 nitrogen and oxygen atoms in total. The van der Waals surface area contributed by atoms with E-state index in [-0.39, 0.29) is 23.7 Å². The molecule has 3 rings (SSSR count). The highest BCUT2D eigenvalue weighted by Crippen LogP contribution is 2.59. The third-order valence-electron chi connectivity index (χ3n) is 5.25. The second kappa shape index (κ2) is 6.32. The van der Waals surface area contributed by atoms with E-state index in [2.05, 4.69) is 5.32 Å². The number of hydrogen-bond donors (Lipinski definition) is 2. The minimum Gasteiger partial charge on any atom is -0.481 e. The molecule has 0 aromatic heterocycles. The SMILES string of the molecule is Cc1ccccc1[C@@H](CC(=O)O)NC(=O)[C@H]1CC12CCOCC2. The van der Waals surface area contributed by atoms with Crippen LogP contribution in [-0.2, 0) is 14.3 Å². The van der Waals surface area contributed by atoms with Gasteiger partial charge in [0.15, 0.2) is 0 Å². The molecule has 124 valence electrons. The van der Waals surface area contributed by atoms with Crippen molar-refractivity contribution >= 4 is 11.9 Å². The van der Waals surface area contributed by atoms with E-state index in [1.807, 2.05) is 31.2 Å². The third kappa shape index (κ3) is 3.39. The Balaban J connectivity index is 1.71. The molecule has 2 atom stereocenters. The number of nitrogens with one attached hydrogen (secondary N) is 1. The summed E-state index contributed by atoms with van der Waals surface area (Å²) in [6, 6.07) is 7.14. The number of amides is 1. The van der Waals surface area contributed by atoms with Crippen LogP contribution in [0, 0.1) is 18.3 Å². The van der Waals surface area contributed by atoms with Crippen molar-refractivity contribution in [3.8, 4) is 0 Å². The van der Waals surface area contributed by atoms with Crippen LogP contribution in [0.1, 0.15) is 42.9 Å². The van der Waals surface area contributed by atoms with E-state index in [4.69, 9.17) is 4.74 Å². The van der Waals surface area contributed by atoms with Gasteiger partial charge in [-0.2, -0.15) is 0 Å². The number of carboxylic acid groups (broad SMARTS) is 1. The zero-order chi connectivity index (χ0) is 16.4. The summed E-state index contributed by atoms with van der Waals surface area (Å²) >= 11 is 0. The molecule has 0 bridgehead atoms. The first kappa shape index (κ1) is 16.0. The maximum Gasteiger partial charge on any atom is 0.305 e. The summed E-state index contributed by atoms with van der Waals surface area (Å²) in [6.07, 6.45) is 2.66. The maximum absolute atomic E-state index is 12.6. The van der Waals surface area contributed by atoms with Gasteiger partial charge in [-0.25, -0.2) is 0 Å². The predicted octanol–water partition coefficient (Wildman–Crippen LogP) is 2.44. The predicted molar refractivity (Wildman–Crippen MR) is 84.9 cm³/mol. The number of rotatable bonds is 5. The molecule has 1 amide bonds. The van der Waals surface area contributed by atoms with E-state index in [1.165, 1.54) is 0 Å². The van der Waals surface area contributed by atoms with Crippen molar-refractivity contribution in [1.82, 2.24) is 5.32 Å². The first-order valence-electron chi connectivity index (χ1n) is 8.17. The van der Waals surface area contributed by atoms with E-state index < -0.39 is 12.0 Å². The van der Waals surface area contributed by atoms with Crippen molar-refractivity contribution in [2.75, 3.05) is 13.2 Å². The largest absolute Gasteiger partial charge is 0.481 e. The first-order chi connectivity index (χ1) is 11.0.